The Bertz CT molecular complexity index is 1700. The van der Waals surface area contributed by atoms with Crippen LogP contribution < -0.4 is 14.5 Å². The van der Waals surface area contributed by atoms with E-state index < -0.39 is 35.1 Å². The lowest BCUT2D eigenvalue weighted by Crippen LogP contribution is -2.59. The summed E-state index contributed by atoms with van der Waals surface area (Å²) in [5.74, 6) is -2.32. The van der Waals surface area contributed by atoms with Gasteiger partial charge in [0, 0.05) is 24.5 Å². The van der Waals surface area contributed by atoms with E-state index in [1.54, 1.807) is 53.3 Å². The third-order valence-corrected chi connectivity index (χ3v) is 10.8. The summed E-state index contributed by atoms with van der Waals surface area (Å²) in [4.78, 5) is 49.9. The number of carbonyl (C=O) groups excluding carboxylic acids is 3. The first-order valence-electron chi connectivity index (χ1n) is 16.9. The van der Waals surface area contributed by atoms with Crippen LogP contribution in [0.15, 0.2) is 110 Å². The lowest BCUT2D eigenvalue weighted by Gasteiger charge is -2.39. The van der Waals surface area contributed by atoms with Crippen LogP contribution in [0.25, 0.3) is 0 Å². The van der Waals surface area contributed by atoms with E-state index in [4.69, 9.17) is 9.47 Å². The smallest absolute Gasteiger partial charge is 0.253 e. The highest BCUT2D eigenvalue weighted by Gasteiger charge is 2.80. The summed E-state index contributed by atoms with van der Waals surface area (Å²) in [6.45, 7) is 11.8. The second kappa shape index (κ2) is 13.6. The molecule has 0 aromatic heterocycles. The number of amides is 3. The molecule has 3 aliphatic rings. The van der Waals surface area contributed by atoms with Crippen molar-refractivity contribution in [2.45, 2.75) is 50.0 Å². The Labute approximate surface area is 288 Å². The molecule has 256 valence electrons. The van der Waals surface area contributed by atoms with Crippen molar-refractivity contribution in [3.8, 4) is 5.75 Å². The average Bonchev–Trinajstić information content (AvgIpc) is 3.65. The van der Waals surface area contributed by atoms with Crippen LogP contribution in [0.3, 0.4) is 0 Å². The van der Waals surface area contributed by atoms with E-state index in [1.807, 2.05) is 74.5 Å². The highest BCUT2D eigenvalue weighted by molar-refractivity contribution is 6.07. The maximum absolute atomic E-state index is 15.2. The molecule has 9 nitrogen and oxygen atoms in total. The van der Waals surface area contributed by atoms with E-state index in [-0.39, 0.29) is 43.3 Å². The fraction of sp³-hybridized carbons (Fsp3) is 0.375. The fourth-order valence-corrected chi connectivity index (χ4v) is 8.45. The third kappa shape index (κ3) is 5.64. The van der Waals surface area contributed by atoms with Gasteiger partial charge in [0.2, 0.25) is 11.8 Å². The number of hydrogen-bond donors (Lipinski definition) is 1. The minimum Gasteiger partial charge on any atom is -0.497 e. The number of hydrogen-bond acceptors (Lipinski definition) is 6. The number of rotatable bonds is 13. The Kier molecular flexibility index (Phi) is 9.51. The molecule has 3 unspecified atom stereocenters. The van der Waals surface area contributed by atoms with Gasteiger partial charge in [0.05, 0.1) is 37.2 Å². The predicted octanol–water partition coefficient (Wildman–Crippen LogP) is 5.05. The summed E-state index contributed by atoms with van der Waals surface area (Å²) < 4.78 is 12.4. The van der Waals surface area contributed by atoms with E-state index in [0.29, 0.717) is 30.0 Å². The standard InChI is InChI=1S/C40H45N3O6/c1-6-22-41(29-16-12-9-13-17-29)36(45)33-34-37(46)43(31(26-44)24-28-14-10-8-11-15-28)35(40(34)25-27(3)39(33,4)49-40)38(47)42(23-7-2)30-18-20-32(48-5)21-19-30/h6-21,27,31,33-35,44H,1-2,22-26H2,3-5H3/t27?,31-,33-,34+,35?,39+,40?/m1/s1. The Morgan fingerprint density at radius 1 is 0.959 bits per heavy atom. The van der Waals surface area contributed by atoms with Gasteiger partial charge in [-0.05, 0) is 67.6 Å². The molecule has 3 aliphatic heterocycles. The van der Waals surface area contributed by atoms with Gasteiger partial charge in [0.1, 0.15) is 17.4 Å². The van der Waals surface area contributed by atoms with Crippen molar-refractivity contribution in [1.29, 1.82) is 0 Å². The van der Waals surface area contributed by atoms with Gasteiger partial charge in [-0.2, -0.15) is 0 Å². The molecule has 7 atom stereocenters. The molecule has 3 amide bonds. The Hall–Kier alpha value is -4.73. The summed E-state index contributed by atoms with van der Waals surface area (Å²) in [6, 6.07) is 24.2. The van der Waals surface area contributed by atoms with Gasteiger partial charge >= 0.3 is 0 Å². The zero-order valence-electron chi connectivity index (χ0n) is 28.4. The molecule has 3 fully saturated rings. The van der Waals surface area contributed by atoms with Gasteiger partial charge < -0.3 is 29.3 Å². The summed E-state index contributed by atoms with van der Waals surface area (Å²) in [5, 5.41) is 10.9. The molecular weight excluding hydrogens is 618 g/mol. The number of aliphatic hydroxyl groups excluding tert-OH is 1. The van der Waals surface area contributed by atoms with Gasteiger partial charge in [-0.15, -0.1) is 13.2 Å². The van der Waals surface area contributed by atoms with Crippen molar-refractivity contribution in [2.75, 3.05) is 36.6 Å². The van der Waals surface area contributed by atoms with E-state index in [2.05, 4.69) is 13.2 Å². The van der Waals surface area contributed by atoms with Gasteiger partial charge in [-0.3, -0.25) is 14.4 Å². The van der Waals surface area contributed by atoms with E-state index in [9.17, 15) is 9.90 Å². The van der Waals surface area contributed by atoms with Crippen molar-refractivity contribution < 1.29 is 29.0 Å². The van der Waals surface area contributed by atoms with Crippen molar-refractivity contribution in [2.24, 2.45) is 17.8 Å². The molecule has 0 saturated carbocycles. The Morgan fingerprint density at radius 2 is 1.53 bits per heavy atom. The highest BCUT2D eigenvalue weighted by Crippen LogP contribution is 2.66. The normalized spacial score (nSPS) is 27.3. The first-order chi connectivity index (χ1) is 23.6. The Morgan fingerprint density at radius 3 is 2.10 bits per heavy atom. The first kappa shape index (κ1) is 34.1. The number of methoxy groups -OCH3 is 1. The number of para-hydroxylation sites is 1. The summed E-state index contributed by atoms with van der Waals surface area (Å²) >= 11 is 0. The number of ether oxygens (including phenoxy) is 2. The predicted molar refractivity (Wildman–Crippen MR) is 189 cm³/mol. The molecule has 1 spiro atoms. The second-order valence-electron chi connectivity index (χ2n) is 13.5. The van der Waals surface area contributed by atoms with Gasteiger partial charge in [-0.25, -0.2) is 0 Å². The van der Waals surface area contributed by atoms with Crippen molar-refractivity contribution in [3.05, 3.63) is 116 Å². The first-order valence-corrected chi connectivity index (χ1v) is 16.9. The molecule has 6 rings (SSSR count). The maximum atomic E-state index is 15.2. The fourth-order valence-electron chi connectivity index (χ4n) is 8.45. The van der Waals surface area contributed by atoms with E-state index >= 15 is 9.59 Å². The third-order valence-electron chi connectivity index (χ3n) is 10.8. The summed E-state index contributed by atoms with van der Waals surface area (Å²) in [5.41, 5.74) is -0.137. The monoisotopic (exact) mass is 663 g/mol. The molecule has 9 heteroatoms. The molecular formula is C40H45N3O6. The van der Waals surface area contributed by atoms with Gasteiger partial charge in [0.25, 0.3) is 5.91 Å². The van der Waals surface area contributed by atoms with Crippen LogP contribution in [0.1, 0.15) is 25.8 Å². The molecule has 49 heavy (non-hydrogen) atoms. The average molecular weight is 664 g/mol. The SMILES string of the molecule is C=CCN(C(=O)C1N([C@@H](CO)Cc2ccccc2)C(=O)[C@@H]2[C@H](C(=O)N(CC=C)c3ccccc3)[C@@]3(C)OC12CC3C)c1ccc(OC)cc1. The van der Waals surface area contributed by atoms with Crippen LogP contribution in [-0.2, 0) is 25.5 Å². The van der Waals surface area contributed by atoms with Crippen LogP contribution in [0.5, 0.6) is 5.75 Å². The molecule has 2 bridgehead atoms. The van der Waals surface area contributed by atoms with Crippen LogP contribution in [-0.4, -0.2) is 77.8 Å². The van der Waals surface area contributed by atoms with Gasteiger partial charge in [0.15, 0.2) is 0 Å². The van der Waals surface area contributed by atoms with Crippen LogP contribution in [0, 0.1) is 17.8 Å². The van der Waals surface area contributed by atoms with Crippen LogP contribution in [0.2, 0.25) is 0 Å². The van der Waals surface area contributed by atoms with Crippen LogP contribution in [0.4, 0.5) is 11.4 Å². The number of anilines is 2. The number of likely N-dealkylation sites (tertiary alicyclic amines) is 1. The largest absolute Gasteiger partial charge is 0.497 e. The quantitative estimate of drug-likeness (QED) is 0.257. The molecule has 3 saturated heterocycles. The lowest BCUT2D eigenvalue weighted by molar-refractivity contribution is -0.149. The molecule has 0 radical (unpaired) electrons. The van der Waals surface area contributed by atoms with E-state index in [1.165, 1.54) is 4.90 Å². The molecule has 0 aliphatic carbocycles. The summed E-state index contributed by atoms with van der Waals surface area (Å²) in [6.07, 6.45) is 4.02. The minimum absolute atomic E-state index is 0.155. The maximum Gasteiger partial charge on any atom is 0.253 e. The topological polar surface area (TPSA) is 99.6 Å². The van der Waals surface area contributed by atoms with E-state index in [0.717, 1.165) is 5.56 Å². The summed E-state index contributed by atoms with van der Waals surface area (Å²) in [7, 11) is 1.58. The zero-order chi connectivity index (χ0) is 34.9. The number of fused-ring (bicyclic) bond motifs is 1. The molecule has 3 heterocycles. The van der Waals surface area contributed by atoms with Crippen molar-refractivity contribution in [3.63, 3.8) is 0 Å². The minimum atomic E-state index is -1.31. The van der Waals surface area contributed by atoms with Crippen molar-refractivity contribution in [1.82, 2.24) is 4.90 Å². The molecule has 3 aromatic rings. The number of benzene rings is 3. The second-order valence-corrected chi connectivity index (χ2v) is 13.5. The van der Waals surface area contributed by atoms with Crippen molar-refractivity contribution >= 4 is 29.1 Å². The lowest BCUT2D eigenvalue weighted by atomic mass is 9.62. The molecule has 3 aromatic carbocycles. The number of carbonyl (C=O) groups is 3. The number of aliphatic hydroxyl groups is 1. The molecule has 1 N–H and O–H groups in total. The zero-order valence-corrected chi connectivity index (χ0v) is 28.4. The van der Waals surface area contributed by atoms with Crippen LogP contribution >= 0.6 is 0 Å². The van der Waals surface area contributed by atoms with Gasteiger partial charge in [-0.1, -0.05) is 67.6 Å². The highest BCUT2D eigenvalue weighted by atomic mass is 16.5. The number of nitrogens with zero attached hydrogens (tertiary/aromatic N) is 3. The Balaban J connectivity index is 1.49.